The van der Waals surface area contributed by atoms with E-state index in [0.717, 1.165) is 11.4 Å². The second kappa shape index (κ2) is 6.39. The molecule has 6 nitrogen and oxygen atoms in total. The number of pyridine rings is 1. The highest BCUT2D eigenvalue weighted by atomic mass is 16.6. The van der Waals surface area contributed by atoms with Crippen LogP contribution in [0.5, 0.6) is 0 Å². The van der Waals surface area contributed by atoms with Gasteiger partial charge in [0.2, 0.25) is 0 Å². The smallest absolute Gasteiger partial charge is 0.407 e. The number of imidazole rings is 1. The van der Waals surface area contributed by atoms with Gasteiger partial charge in [0, 0.05) is 42.9 Å². The fourth-order valence-corrected chi connectivity index (χ4v) is 1.85. The number of nitrogens with one attached hydrogen (secondary N) is 1. The standard InChI is InChI=1S/C15H20N4O2/c1-15(2,3)21-14(20)18-9-6-13-10-17-11-19(13)12-4-7-16-8-5-12/h4-5,7-8,10-11H,6,9H2,1-3H3,(H,18,20). The van der Waals surface area contributed by atoms with Crippen molar-refractivity contribution >= 4 is 6.09 Å². The summed E-state index contributed by atoms with van der Waals surface area (Å²) in [6.07, 6.45) is 7.27. The first kappa shape index (κ1) is 15.0. The molecular weight excluding hydrogens is 268 g/mol. The first-order valence-electron chi connectivity index (χ1n) is 6.84. The number of rotatable bonds is 4. The van der Waals surface area contributed by atoms with Crippen LogP contribution >= 0.6 is 0 Å². The van der Waals surface area contributed by atoms with Gasteiger partial charge >= 0.3 is 6.09 Å². The first-order valence-corrected chi connectivity index (χ1v) is 6.84. The maximum atomic E-state index is 11.6. The molecule has 21 heavy (non-hydrogen) atoms. The Morgan fingerprint density at radius 3 is 2.67 bits per heavy atom. The van der Waals surface area contributed by atoms with E-state index >= 15 is 0 Å². The molecule has 0 unspecified atom stereocenters. The first-order chi connectivity index (χ1) is 9.96. The van der Waals surface area contributed by atoms with Crippen LogP contribution in [0.1, 0.15) is 26.5 Å². The van der Waals surface area contributed by atoms with Crippen molar-refractivity contribution in [2.45, 2.75) is 32.8 Å². The van der Waals surface area contributed by atoms with Crippen LogP contribution in [-0.2, 0) is 11.2 Å². The molecule has 6 heteroatoms. The quantitative estimate of drug-likeness (QED) is 0.937. The Balaban J connectivity index is 1.91. The van der Waals surface area contributed by atoms with Gasteiger partial charge in [-0.3, -0.25) is 4.98 Å². The Kier molecular flexibility index (Phi) is 4.57. The molecule has 0 spiro atoms. The van der Waals surface area contributed by atoms with Crippen molar-refractivity contribution in [3.05, 3.63) is 42.7 Å². The molecule has 0 fully saturated rings. The van der Waals surface area contributed by atoms with E-state index in [1.165, 1.54) is 0 Å². The molecule has 2 aromatic heterocycles. The fraction of sp³-hybridized carbons (Fsp3) is 0.400. The second-order valence-corrected chi connectivity index (χ2v) is 5.64. The summed E-state index contributed by atoms with van der Waals surface area (Å²) < 4.78 is 7.16. The van der Waals surface area contributed by atoms with E-state index in [1.807, 2.05) is 37.5 Å². The lowest BCUT2D eigenvalue weighted by atomic mass is 10.2. The third-order valence-corrected chi connectivity index (χ3v) is 2.71. The highest BCUT2D eigenvalue weighted by molar-refractivity contribution is 5.67. The van der Waals surface area contributed by atoms with Crippen molar-refractivity contribution in [3.63, 3.8) is 0 Å². The lowest BCUT2D eigenvalue weighted by molar-refractivity contribution is 0.0528. The van der Waals surface area contributed by atoms with Gasteiger partial charge in [-0.25, -0.2) is 9.78 Å². The minimum Gasteiger partial charge on any atom is -0.444 e. The lowest BCUT2D eigenvalue weighted by Gasteiger charge is -2.19. The highest BCUT2D eigenvalue weighted by Crippen LogP contribution is 2.10. The molecule has 112 valence electrons. The average Bonchev–Trinajstić information content (AvgIpc) is 2.86. The Labute approximate surface area is 124 Å². The van der Waals surface area contributed by atoms with Gasteiger partial charge in [-0.05, 0) is 32.9 Å². The van der Waals surface area contributed by atoms with Crippen LogP contribution in [0.25, 0.3) is 5.69 Å². The molecule has 0 radical (unpaired) electrons. The van der Waals surface area contributed by atoms with Gasteiger partial charge in [0.1, 0.15) is 5.60 Å². The average molecular weight is 288 g/mol. The van der Waals surface area contributed by atoms with Gasteiger partial charge < -0.3 is 14.6 Å². The monoisotopic (exact) mass is 288 g/mol. The van der Waals surface area contributed by atoms with E-state index in [-0.39, 0.29) is 0 Å². The molecule has 0 saturated carbocycles. The SMILES string of the molecule is CC(C)(C)OC(=O)NCCc1cncn1-c1ccncc1. The molecule has 0 aromatic carbocycles. The van der Waals surface area contributed by atoms with Gasteiger partial charge in [-0.15, -0.1) is 0 Å². The van der Waals surface area contributed by atoms with Crippen LogP contribution < -0.4 is 5.32 Å². The van der Waals surface area contributed by atoms with Crippen LogP contribution in [0.3, 0.4) is 0 Å². The topological polar surface area (TPSA) is 69.0 Å². The van der Waals surface area contributed by atoms with Gasteiger partial charge in [0.05, 0.1) is 6.33 Å². The van der Waals surface area contributed by atoms with Gasteiger partial charge in [0.25, 0.3) is 0 Å². The number of carbonyl (C=O) groups is 1. The van der Waals surface area contributed by atoms with Crippen LogP contribution in [0.15, 0.2) is 37.1 Å². The number of hydrogen-bond donors (Lipinski definition) is 1. The molecule has 0 aliphatic rings. The van der Waals surface area contributed by atoms with Crippen molar-refractivity contribution < 1.29 is 9.53 Å². The molecule has 2 heterocycles. The van der Waals surface area contributed by atoms with Gasteiger partial charge in [0.15, 0.2) is 0 Å². The number of hydrogen-bond acceptors (Lipinski definition) is 4. The Morgan fingerprint density at radius 1 is 1.29 bits per heavy atom. The highest BCUT2D eigenvalue weighted by Gasteiger charge is 2.15. The van der Waals surface area contributed by atoms with Crippen molar-refractivity contribution in [2.75, 3.05) is 6.54 Å². The Hall–Kier alpha value is -2.37. The molecule has 0 atom stereocenters. The van der Waals surface area contributed by atoms with E-state index in [2.05, 4.69) is 15.3 Å². The van der Waals surface area contributed by atoms with Crippen LogP contribution in [0.4, 0.5) is 4.79 Å². The maximum Gasteiger partial charge on any atom is 0.407 e. The lowest BCUT2D eigenvalue weighted by Crippen LogP contribution is -2.33. The molecule has 0 aliphatic carbocycles. The molecule has 0 aliphatic heterocycles. The molecule has 1 N–H and O–H groups in total. The Morgan fingerprint density at radius 2 is 2.00 bits per heavy atom. The van der Waals surface area contributed by atoms with Crippen molar-refractivity contribution in [3.8, 4) is 5.69 Å². The van der Waals surface area contributed by atoms with Crippen molar-refractivity contribution in [2.24, 2.45) is 0 Å². The fourth-order valence-electron chi connectivity index (χ4n) is 1.85. The molecule has 2 rings (SSSR count). The number of aromatic nitrogens is 3. The summed E-state index contributed by atoms with van der Waals surface area (Å²) in [5.74, 6) is 0. The normalized spacial score (nSPS) is 11.2. The minimum absolute atomic E-state index is 0.405. The molecule has 0 bridgehead atoms. The number of alkyl carbamates (subject to hydrolysis) is 1. The van der Waals surface area contributed by atoms with Crippen LogP contribution in [0.2, 0.25) is 0 Å². The maximum absolute atomic E-state index is 11.6. The predicted octanol–water partition coefficient (Wildman–Crippen LogP) is 2.33. The van der Waals surface area contributed by atoms with E-state index in [4.69, 9.17) is 4.74 Å². The van der Waals surface area contributed by atoms with Crippen LogP contribution in [-0.4, -0.2) is 32.8 Å². The summed E-state index contributed by atoms with van der Waals surface area (Å²) in [4.78, 5) is 19.7. The summed E-state index contributed by atoms with van der Waals surface area (Å²) in [5, 5.41) is 2.74. The summed E-state index contributed by atoms with van der Waals surface area (Å²) in [6.45, 7) is 6.01. The molecule has 2 aromatic rings. The van der Waals surface area contributed by atoms with Crippen molar-refractivity contribution in [1.82, 2.24) is 19.9 Å². The minimum atomic E-state index is -0.483. The van der Waals surface area contributed by atoms with E-state index in [9.17, 15) is 4.79 Å². The van der Waals surface area contributed by atoms with Gasteiger partial charge in [-0.1, -0.05) is 0 Å². The number of nitrogens with zero attached hydrogens (tertiary/aromatic N) is 3. The third-order valence-electron chi connectivity index (χ3n) is 2.71. The number of ether oxygens (including phenoxy) is 1. The zero-order chi connectivity index (χ0) is 15.3. The molecule has 0 saturated heterocycles. The van der Waals surface area contributed by atoms with E-state index in [0.29, 0.717) is 13.0 Å². The number of carbonyl (C=O) groups excluding carboxylic acids is 1. The zero-order valence-electron chi connectivity index (χ0n) is 12.5. The summed E-state index contributed by atoms with van der Waals surface area (Å²) in [6, 6.07) is 3.82. The second-order valence-electron chi connectivity index (χ2n) is 5.64. The van der Waals surface area contributed by atoms with Crippen LogP contribution in [0, 0.1) is 0 Å². The van der Waals surface area contributed by atoms with Crippen molar-refractivity contribution in [1.29, 1.82) is 0 Å². The Bertz CT molecular complexity index is 587. The predicted molar refractivity (Wildman–Crippen MR) is 79.3 cm³/mol. The molecule has 1 amide bonds. The summed E-state index contributed by atoms with van der Waals surface area (Å²) in [5.41, 5.74) is 1.52. The number of amides is 1. The van der Waals surface area contributed by atoms with E-state index in [1.54, 1.807) is 24.9 Å². The summed E-state index contributed by atoms with van der Waals surface area (Å²) in [7, 11) is 0. The molecular formula is C15H20N4O2. The zero-order valence-corrected chi connectivity index (χ0v) is 12.5. The van der Waals surface area contributed by atoms with E-state index < -0.39 is 11.7 Å². The largest absolute Gasteiger partial charge is 0.444 e. The van der Waals surface area contributed by atoms with Gasteiger partial charge in [-0.2, -0.15) is 0 Å². The summed E-state index contributed by atoms with van der Waals surface area (Å²) >= 11 is 0. The third kappa shape index (κ3) is 4.59.